The molecule has 5 aliphatic rings. The van der Waals surface area contributed by atoms with Crippen LogP contribution in [0.3, 0.4) is 0 Å². The second-order valence-corrected chi connectivity index (χ2v) is 12.8. The third-order valence-electron chi connectivity index (χ3n) is 11.4. The van der Waals surface area contributed by atoms with Crippen LogP contribution in [-0.2, 0) is 0 Å². The average Bonchev–Trinajstić information content (AvgIpc) is 3.23. The van der Waals surface area contributed by atoms with Gasteiger partial charge in [-0.05, 0) is 123 Å². The number of hydrogen-bond donors (Lipinski definition) is 1. The Bertz CT molecular complexity index is 571. The summed E-state index contributed by atoms with van der Waals surface area (Å²) in [6, 6.07) is 0.806. The van der Waals surface area contributed by atoms with Crippen LogP contribution in [0.25, 0.3) is 0 Å². The van der Waals surface area contributed by atoms with Gasteiger partial charge < -0.3 is 5.32 Å². The Morgan fingerprint density at radius 3 is 2.50 bits per heavy atom. The molecule has 4 saturated carbocycles. The predicted molar refractivity (Wildman–Crippen MR) is 119 cm³/mol. The molecule has 0 radical (unpaired) electrons. The molecule has 1 aliphatic heterocycles. The van der Waals surface area contributed by atoms with E-state index in [-0.39, 0.29) is 0 Å². The van der Waals surface area contributed by atoms with Gasteiger partial charge in [0.1, 0.15) is 0 Å². The molecule has 10 atom stereocenters. The molecule has 28 heavy (non-hydrogen) atoms. The van der Waals surface area contributed by atoms with Gasteiger partial charge in [-0.15, -0.1) is 0 Å². The Morgan fingerprint density at radius 2 is 1.71 bits per heavy atom. The molecule has 1 nitrogen and oxygen atoms in total. The van der Waals surface area contributed by atoms with Crippen LogP contribution in [0.15, 0.2) is 0 Å². The third kappa shape index (κ3) is 3.04. The van der Waals surface area contributed by atoms with Gasteiger partial charge in [-0.3, -0.25) is 0 Å². The fourth-order valence-electron chi connectivity index (χ4n) is 10.1. The Labute approximate surface area is 175 Å². The van der Waals surface area contributed by atoms with Crippen molar-refractivity contribution in [2.45, 2.75) is 111 Å². The average molecular weight is 386 g/mol. The standard InChI is InChI=1S/C27H47N/c1-18-15-21(28-17-18)16-19(2)23-10-11-24-22-9-8-20-7-5-6-13-26(20,3)25(22)12-14-27(23,24)4/h18-25,28H,5-17H2,1-4H3/t18?,19-,20?,21?,22+,23-,24+,25+,26+,27-/m1/s1. The maximum absolute atomic E-state index is 3.83. The first-order valence-corrected chi connectivity index (χ1v) is 13.1. The predicted octanol–water partition coefficient (Wildman–Crippen LogP) is 7.06. The molecule has 0 aromatic rings. The van der Waals surface area contributed by atoms with Crippen LogP contribution < -0.4 is 5.32 Å². The Kier molecular flexibility index (Phi) is 5.17. The van der Waals surface area contributed by atoms with Gasteiger partial charge in [-0.25, -0.2) is 0 Å². The molecule has 3 unspecified atom stereocenters. The highest BCUT2D eigenvalue weighted by Crippen LogP contribution is 2.68. The fraction of sp³-hybridized carbons (Fsp3) is 1.00. The zero-order valence-electron chi connectivity index (χ0n) is 19.3. The van der Waals surface area contributed by atoms with Gasteiger partial charge in [0.2, 0.25) is 0 Å². The van der Waals surface area contributed by atoms with Crippen LogP contribution in [0.2, 0.25) is 0 Å². The summed E-state index contributed by atoms with van der Waals surface area (Å²) in [5.74, 6) is 7.05. The summed E-state index contributed by atoms with van der Waals surface area (Å²) in [6.07, 6.45) is 18.3. The summed E-state index contributed by atoms with van der Waals surface area (Å²) in [6.45, 7) is 11.8. The molecule has 5 fully saturated rings. The summed E-state index contributed by atoms with van der Waals surface area (Å²) >= 11 is 0. The normalized spacial score (nSPS) is 54.6. The Morgan fingerprint density at radius 1 is 0.893 bits per heavy atom. The minimum atomic E-state index is 0.655. The van der Waals surface area contributed by atoms with E-state index in [1.165, 1.54) is 38.6 Å². The number of fused-ring (bicyclic) bond motifs is 5. The van der Waals surface area contributed by atoms with Gasteiger partial charge >= 0.3 is 0 Å². The van der Waals surface area contributed by atoms with Gasteiger partial charge in [0, 0.05) is 6.04 Å². The lowest BCUT2D eigenvalue weighted by Crippen LogP contribution is -2.53. The second-order valence-electron chi connectivity index (χ2n) is 12.8. The van der Waals surface area contributed by atoms with Gasteiger partial charge in [-0.2, -0.15) is 0 Å². The van der Waals surface area contributed by atoms with Gasteiger partial charge in [0.25, 0.3) is 0 Å². The van der Waals surface area contributed by atoms with E-state index in [2.05, 4.69) is 33.0 Å². The number of hydrogen-bond acceptors (Lipinski definition) is 1. The molecular weight excluding hydrogens is 338 g/mol. The fourth-order valence-corrected chi connectivity index (χ4v) is 10.1. The Balaban J connectivity index is 1.31. The first-order valence-electron chi connectivity index (χ1n) is 13.1. The molecule has 160 valence electrons. The SMILES string of the molecule is CC1CNC(C[C@@H](C)[C@H]2CC[C@H]3[C@@H]4CCC5CCCC[C@]5(C)[C@H]4CC[C@]23C)C1. The maximum atomic E-state index is 3.83. The van der Waals surface area contributed by atoms with Crippen LogP contribution in [0.1, 0.15) is 105 Å². The first kappa shape index (κ1) is 19.9. The molecule has 5 rings (SSSR count). The maximum Gasteiger partial charge on any atom is 0.00728 e. The highest BCUT2D eigenvalue weighted by molar-refractivity contribution is 5.09. The van der Waals surface area contributed by atoms with E-state index in [4.69, 9.17) is 0 Å². The number of rotatable bonds is 3. The minimum absolute atomic E-state index is 0.655. The van der Waals surface area contributed by atoms with Crippen LogP contribution in [-0.4, -0.2) is 12.6 Å². The molecule has 0 bridgehead atoms. The number of nitrogens with one attached hydrogen (secondary N) is 1. The quantitative estimate of drug-likeness (QED) is 0.548. The summed E-state index contributed by atoms with van der Waals surface area (Å²) in [4.78, 5) is 0. The van der Waals surface area contributed by atoms with Gasteiger partial charge in [0.15, 0.2) is 0 Å². The van der Waals surface area contributed by atoms with Crippen LogP contribution in [0.4, 0.5) is 0 Å². The lowest BCUT2D eigenvalue weighted by Gasteiger charge is -2.61. The monoisotopic (exact) mass is 385 g/mol. The third-order valence-corrected chi connectivity index (χ3v) is 11.4. The van der Waals surface area contributed by atoms with E-state index in [1.807, 2.05) is 0 Å². The zero-order chi connectivity index (χ0) is 19.5. The van der Waals surface area contributed by atoms with Crippen molar-refractivity contribution in [3.05, 3.63) is 0 Å². The van der Waals surface area contributed by atoms with E-state index >= 15 is 0 Å². The molecule has 1 heterocycles. The first-order chi connectivity index (χ1) is 13.4. The van der Waals surface area contributed by atoms with E-state index in [9.17, 15) is 0 Å². The Hall–Kier alpha value is -0.0400. The molecule has 1 saturated heterocycles. The van der Waals surface area contributed by atoms with Crippen molar-refractivity contribution in [1.29, 1.82) is 0 Å². The second kappa shape index (κ2) is 7.28. The smallest absolute Gasteiger partial charge is 0.00728 e. The van der Waals surface area contributed by atoms with Crippen LogP contribution >= 0.6 is 0 Å². The molecule has 1 N–H and O–H groups in total. The van der Waals surface area contributed by atoms with Crippen molar-refractivity contribution in [2.24, 2.45) is 52.3 Å². The van der Waals surface area contributed by atoms with Crippen molar-refractivity contribution in [3.63, 3.8) is 0 Å². The van der Waals surface area contributed by atoms with Crippen LogP contribution in [0.5, 0.6) is 0 Å². The molecule has 0 aromatic heterocycles. The molecule has 0 spiro atoms. The summed E-state index contributed by atoms with van der Waals surface area (Å²) in [5, 5.41) is 3.83. The van der Waals surface area contributed by atoms with Gasteiger partial charge in [0.05, 0.1) is 0 Å². The van der Waals surface area contributed by atoms with E-state index in [0.717, 1.165) is 47.5 Å². The van der Waals surface area contributed by atoms with Crippen molar-refractivity contribution < 1.29 is 0 Å². The summed E-state index contributed by atoms with van der Waals surface area (Å²) in [7, 11) is 0. The van der Waals surface area contributed by atoms with E-state index < -0.39 is 0 Å². The summed E-state index contributed by atoms with van der Waals surface area (Å²) < 4.78 is 0. The lowest BCUT2D eigenvalue weighted by molar-refractivity contribution is -0.114. The highest BCUT2D eigenvalue weighted by Gasteiger charge is 2.60. The largest absolute Gasteiger partial charge is 0.314 e. The summed E-state index contributed by atoms with van der Waals surface area (Å²) in [5.41, 5.74) is 1.36. The van der Waals surface area contributed by atoms with E-state index in [0.29, 0.717) is 10.8 Å². The highest BCUT2D eigenvalue weighted by atomic mass is 14.9. The van der Waals surface area contributed by atoms with Crippen molar-refractivity contribution in [2.75, 3.05) is 6.54 Å². The lowest BCUT2D eigenvalue weighted by atomic mass is 9.44. The van der Waals surface area contributed by atoms with Crippen molar-refractivity contribution in [3.8, 4) is 0 Å². The topological polar surface area (TPSA) is 12.0 Å². The molecule has 1 heteroatoms. The molecular formula is C27H47N. The molecule has 0 aromatic carbocycles. The van der Waals surface area contributed by atoms with E-state index in [1.54, 1.807) is 44.9 Å². The molecule has 4 aliphatic carbocycles. The van der Waals surface area contributed by atoms with Crippen molar-refractivity contribution >= 4 is 0 Å². The van der Waals surface area contributed by atoms with Crippen LogP contribution in [0, 0.1) is 52.3 Å². The zero-order valence-corrected chi connectivity index (χ0v) is 19.3. The van der Waals surface area contributed by atoms with Gasteiger partial charge in [-0.1, -0.05) is 40.5 Å². The molecule has 0 amide bonds. The van der Waals surface area contributed by atoms with Crippen molar-refractivity contribution in [1.82, 2.24) is 5.32 Å². The minimum Gasteiger partial charge on any atom is -0.314 e.